The number of likely N-dealkylation sites (N-methyl/N-ethyl adjacent to an activating group) is 1. The van der Waals surface area contributed by atoms with Crippen LogP contribution in [-0.4, -0.2) is 52.6 Å². The van der Waals surface area contributed by atoms with E-state index in [0.29, 0.717) is 45.8 Å². The van der Waals surface area contributed by atoms with E-state index in [1.807, 2.05) is 13.1 Å². The van der Waals surface area contributed by atoms with Crippen LogP contribution < -0.4 is 23.7 Å². The van der Waals surface area contributed by atoms with Gasteiger partial charge >= 0.3 is 5.97 Å². The van der Waals surface area contributed by atoms with Crippen molar-refractivity contribution >= 4 is 17.6 Å². The van der Waals surface area contributed by atoms with Crippen LogP contribution in [0.5, 0.6) is 28.7 Å². The summed E-state index contributed by atoms with van der Waals surface area (Å²) in [4.78, 5) is 15.0. The second-order valence-electron chi connectivity index (χ2n) is 7.57. The molecular weight excluding hydrogens is 426 g/mol. The summed E-state index contributed by atoms with van der Waals surface area (Å²) in [5.74, 6) is 1.90. The van der Waals surface area contributed by atoms with Gasteiger partial charge in [0.05, 0.1) is 32.4 Å². The fraction of sp³-hybridized carbons (Fsp3) is 0.409. The van der Waals surface area contributed by atoms with Crippen molar-refractivity contribution in [1.29, 1.82) is 0 Å². The lowest BCUT2D eigenvalue weighted by Crippen LogP contribution is -2.36. The largest absolute Gasteiger partial charge is 0.493 e. The summed E-state index contributed by atoms with van der Waals surface area (Å²) in [6.45, 7) is 0.796. The Bertz CT molecular complexity index is 1090. The lowest BCUT2D eigenvalue weighted by Gasteiger charge is -2.38. The number of carbonyl (C=O) groups excluding carboxylic acids is 1. The molecule has 3 aliphatic heterocycles. The number of hydrogen-bond donors (Lipinski definition) is 0. The first-order valence-electron chi connectivity index (χ1n) is 9.85. The van der Waals surface area contributed by atoms with Gasteiger partial charge in [0.1, 0.15) is 11.7 Å². The quantitative estimate of drug-likeness (QED) is 0.659. The van der Waals surface area contributed by atoms with Gasteiger partial charge in [-0.15, -0.1) is 0 Å². The van der Waals surface area contributed by atoms with Gasteiger partial charge < -0.3 is 28.4 Å². The third-order valence-corrected chi connectivity index (χ3v) is 6.55. The average Bonchev–Trinajstić information content (AvgIpc) is 3.39. The zero-order valence-electron chi connectivity index (χ0n) is 17.6. The Labute approximate surface area is 184 Å². The SMILES string of the molecule is COc1ccc2c(c1OC)C(=O)OC2[C@H]1c2c(c(Cl)c3c(c2OC)OCO3)CCN1C. The number of methoxy groups -OCH3 is 3. The van der Waals surface area contributed by atoms with Gasteiger partial charge in [0, 0.05) is 17.7 Å². The molecule has 0 saturated carbocycles. The maximum Gasteiger partial charge on any atom is 0.343 e. The lowest BCUT2D eigenvalue weighted by molar-refractivity contribution is 0.00875. The van der Waals surface area contributed by atoms with Crippen molar-refractivity contribution in [2.75, 3.05) is 41.7 Å². The summed E-state index contributed by atoms with van der Waals surface area (Å²) in [5.41, 5.74) is 2.85. The van der Waals surface area contributed by atoms with Crippen LogP contribution in [0.2, 0.25) is 5.02 Å². The van der Waals surface area contributed by atoms with E-state index in [1.54, 1.807) is 13.2 Å². The molecule has 0 spiro atoms. The molecule has 0 amide bonds. The molecule has 1 unspecified atom stereocenters. The lowest BCUT2D eigenvalue weighted by atomic mass is 9.85. The van der Waals surface area contributed by atoms with Crippen molar-refractivity contribution in [2.45, 2.75) is 18.6 Å². The Balaban J connectivity index is 1.72. The number of benzene rings is 2. The molecule has 3 aliphatic rings. The van der Waals surface area contributed by atoms with E-state index in [2.05, 4.69) is 4.90 Å². The first-order chi connectivity index (χ1) is 15.0. The number of halogens is 1. The predicted molar refractivity (Wildman–Crippen MR) is 111 cm³/mol. The highest BCUT2D eigenvalue weighted by Crippen LogP contribution is 2.57. The molecule has 2 aromatic rings. The van der Waals surface area contributed by atoms with Crippen molar-refractivity contribution in [1.82, 2.24) is 4.90 Å². The molecule has 0 saturated heterocycles. The highest BCUT2D eigenvalue weighted by atomic mass is 35.5. The van der Waals surface area contributed by atoms with Gasteiger partial charge in [0.2, 0.25) is 12.5 Å². The minimum absolute atomic E-state index is 0.0764. The van der Waals surface area contributed by atoms with Crippen molar-refractivity contribution in [2.24, 2.45) is 0 Å². The van der Waals surface area contributed by atoms with E-state index in [4.69, 9.17) is 40.0 Å². The Morgan fingerprint density at radius 1 is 1.06 bits per heavy atom. The Morgan fingerprint density at radius 2 is 1.81 bits per heavy atom. The molecular formula is C22H22ClNO7. The van der Waals surface area contributed by atoms with Gasteiger partial charge in [-0.2, -0.15) is 0 Å². The Hall–Kier alpha value is -2.84. The normalized spacial score (nSPS) is 21.4. The number of esters is 1. The summed E-state index contributed by atoms with van der Waals surface area (Å²) in [6, 6.07) is 3.28. The first kappa shape index (κ1) is 20.1. The van der Waals surface area contributed by atoms with Crippen LogP contribution in [0.4, 0.5) is 0 Å². The number of carbonyl (C=O) groups is 1. The molecule has 8 nitrogen and oxygen atoms in total. The van der Waals surface area contributed by atoms with E-state index in [1.165, 1.54) is 14.2 Å². The number of cyclic esters (lactones) is 1. The molecule has 9 heteroatoms. The summed E-state index contributed by atoms with van der Waals surface area (Å²) in [5, 5.41) is 0.512. The zero-order valence-corrected chi connectivity index (χ0v) is 18.4. The number of hydrogen-bond acceptors (Lipinski definition) is 8. The van der Waals surface area contributed by atoms with E-state index < -0.39 is 12.1 Å². The molecule has 31 heavy (non-hydrogen) atoms. The van der Waals surface area contributed by atoms with Gasteiger partial charge in [0.25, 0.3) is 0 Å². The average molecular weight is 448 g/mol. The third-order valence-electron chi connectivity index (χ3n) is 6.15. The van der Waals surface area contributed by atoms with Crippen molar-refractivity contribution in [3.63, 3.8) is 0 Å². The number of fused-ring (bicyclic) bond motifs is 3. The summed E-state index contributed by atoms with van der Waals surface area (Å²) < 4.78 is 33.8. The van der Waals surface area contributed by atoms with Gasteiger partial charge in [-0.05, 0) is 25.1 Å². The molecule has 2 atom stereocenters. The minimum Gasteiger partial charge on any atom is -0.493 e. The molecule has 0 radical (unpaired) electrons. The highest BCUT2D eigenvalue weighted by Gasteiger charge is 2.47. The van der Waals surface area contributed by atoms with Crippen LogP contribution in [0.1, 0.15) is 39.2 Å². The number of nitrogens with zero attached hydrogens (tertiary/aromatic N) is 1. The zero-order chi connectivity index (χ0) is 21.9. The molecule has 0 aromatic heterocycles. The minimum atomic E-state index is -0.586. The second-order valence-corrected chi connectivity index (χ2v) is 7.95. The molecule has 0 bridgehead atoms. The van der Waals surface area contributed by atoms with Gasteiger partial charge in [-0.3, -0.25) is 4.90 Å². The molecule has 2 aromatic carbocycles. The molecule has 0 fully saturated rings. The topological polar surface area (TPSA) is 75.7 Å². The van der Waals surface area contributed by atoms with Crippen molar-refractivity contribution < 1.29 is 33.2 Å². The molecule has 5 rings (SSSR count). The van der Waals surface area contributed by atoms with Crippen LogP contribution in [-0.2, 0) is 11.2 Å². The Morgan fingerprint density at radius 3 is 2.52 bits per heavy atom. The maximum absolute atomic E-state index is 12.9. The van der Waals surface area contributed by atoms with E-state index in [9.17, 15) is 4.79 Å². The second kappa shape index (κ2) is 7.39. The fourth-order valence-corrected chi connectivity index (χ4v) is 5.11. The van der Waals surface area contributed by atoms with E-state index >= 15 is 0 Å². The van der Waals surface area contributed by atoms with Crippen LogP contribution in [0, 0.1) is 0 Å². The van der Waals surface area contributed by atoms with Gasteiger partial charge in [-0.25, -0.2) is 4.79 Å². The van der Waals surface area contributed by atoms with Crippen molar-refractivity contribution in [3.05, 3.63) is 39.4 Å². The molecule has 0 N–H and O–H groups in total. The monoisotopic (exact) mass is 447 g/mol. The number of ether oxygens (including phenoxy) is 6. The van der Waals surface area contributed by atoms with Crippen LogP contribution >= 0.6 is 11.6 Å². The van der Waals surface area contributed by atoms with E-state index in [-0.39, 0.29) is 12.8 Å². The number of rotatable bonds is 4. The predicted octanol–water partition coefficient (Wildman–Crippen LogP) is 3.54. The summed E-state index contributed by atoms with van der Waals surface area (Å²) >= 11 is 6.71. The van der Waals surface area contributed by atoms with Gasteiger partial charge in [0.15, 0.2) is 23.0 Å². The van der Waals surface area contributed by atoms with Crippen LogP contribution in [0.25, 0.3) is 0 Å². The van der Waals surface area contributed by atoms with Crippen LogP contribution in [0.15, 0.2) is 12.1 Å². The Kier molecular flexibility index (Phi) is 4.79. The first-order valence-corrected chi connectivity index (χ1v) is 10.2. The van der Waals surface area contributed by atoms with E-state index in [0.717, 1.165) is 23.2 Å². The highest BCUT2D eigenvalue weighted by molar-refractivity contribution is 6.33. The summed E-state index contributed by atoms with van der Waals surface area (Å²) in [6.07, 6.45) is 0.116. The summed E-state index contributed by atoms with van der Waals surface area (Å²) in [7, 11) is 6.60. The molecule has 0 aliphatic carbocycles. The van der Waals surface area contributed by atoms with Gasteiger partial charge in [-0.1, -0.05) is 17.7 Å². The standard InChI is InChI=1S/C22H22ClNO7/c1-24-8-7-10-13(19(28-4)21-20(15(10)23)29-9-30-21)16(24)17-11-5-6-12(26-2)18(27-3)14(11)22(25)31-17/h5-6,16-17H,7-9H2,1-4H3/t16-,17?/m1/s1. The molecule has 3 heterocycles. The van der Waals surface area contributed by atoms with Crippen molar-refractivity contribution in [3.8, 4) is 28.7 Å². The van der Waals surface area contributed by atoms with Crippen LogP contribution in [0.3, 0.4) is 0 Å². The third kappa shape index (κ3) is 2.74. The maximum atomic E-state index is 12.9. The fourth-order valence-electron chi connectivity index (χ4n) is 4.78. The molecule has 164 valence electrons. The smallest absolute Gasteiger partial charge is 0.343 e.